The number of nitrogens with one attached hydrogen (secondary N) is 1. The highest BCUT2D eigenvalue weighted by Gasteiger charge is 2.31. The second kappa shape index (κ2) is 6.17. The maximum atomic E-state index is 5.92. The van der Waals surface area contributed by atoms with Crippen molar-refractivity contribution in [3.8, 4) is 0 Å². The lowest BCUT2D eigenvalue weighted by atomic mass is 9.96. The topological polar surface area (TPSA) is 84.8 Å². The van der Waals surface area contributed by atoms with Crippen LogP contribution in [0.25, 0.3) is 0 Å². The second-order valence-electron chi connectivity index (χ2n) is 8.20. The summed E-state index contributed by atoms with van der Waals surface area (Å²) >= 11 is 0. The zero-order valence-electron chi connectivity index (χ0n) is 15.5. The van der Waals surface area contributed by atoms with Crippen LogP contribution in [0.4, 0.5) is 0 Å². The third-order valence-corrected chi connectivity index (χ3v) is 4.94. The van der Waals surface area contributed by atoms with Crippen molar-refractivity contribution in [2.24, 2.45) is 7.05 Å². The van der Waals surface area contributed by atoms with Crippen LogP contribution in [0.5, 0.6) is 0 Å². The van der Waals surface area contributed by atoms with Gasteiger partial charge >= 0.3 is 0 Å². The van der Waals surface area contributed by atoms with E-state index >= 15 is 0 Å². The SMILES string of the molecule is Cn1c(CN2CCO[C@H](c3nc(C(C)(C)C)n[nH]3)C2)nnc1C1CC1. The molecule has 25 heavy (non-hydrogen) atoms. The van der Waals surface area contributed by atoms with Gasteiger partial charge in [0.1, 0.15) is 17.8 Å². The molecule has 8 nitrogen and oxygen atoms in total. The zero-order valence-corrected chi connectivity index (χ0v) is 15.5. The molecular weight excluding hydrogens is 318 g/mol. The maximum Gasteiger partial charge on any atom is 0.156 e. The Morgan fingerprint density at radius 2 is 2.04 bits per heavy atom. The summed E-state index contributed by atoms with van der Waals surface area (Å²) in [6.45, 7) is 9.48. The summed E-state index contributed by atoms with van der Waals surface area (Å²) in [6, 6.07) is 0. The van der Waals surface area contributed by atoms with Crippen LogP contribution in [0.2, 0.25) is 0 Å². The molecule has 0 radical (unpaired) electrons. The lowest BCUT2D eigenvalue weighted by molar-refractivity contribution is -0.0380. The molecule has 1 saturated carbocycles. The van der Waals surface area contributed by atoms with E-state index in [1.165, 1.54) is 12.8 Å². The van der Waals surface area contributed by atoms with Crippen LogP contribution in [0.1, 0.15) is 68.9 Å². The summed E-state index contributed by atoms with van der Waals surface area (Å²) in [4.78, 5) is 7.00. The lowest BCUT2D eigenvalue weighted by Crippen LogP contribution is -2.38. The summed E-state index contributed by atoms with van der Waals surface area (Å²) in [6.07, 6.45) is 2.41. The van der Waals surface area contributed by atoms with E-state index in [0.29, 0.717) is 12.5 Å². The summed E-state index contributed by atoms with van der Waals surface area (Å²) in [7, 11) is 2.08. The van der Waals surface area contributed by atoms with Gasteiger partial charge in [-0.2, -0.15) is 5.10 Å². The minimum absolute atomic E-state index is 0.0685. The molecule has 1 aliphatic heterocycles. The molecule has 1 aliphatic carbocycles. The minimum atomic E-state index is -0.0755. The summed E-state index contributed by atoms with van der Waals surface area (Å²) in [5.74, 6) is 4.41. The molecule has 2 aromatic rings. The van der Waals surface area contributed by atoms with Gasteiger partial charge in [-0.1, -0.05) is 20.8 Å². The smallest absolute Gasteiger partial charge is 0.156 e. The van der Waals surface area contributed by atoms with E-state index in [1.807, 2.05) is 0 Å². The standard InChI is InChI=1S/C17H27N7O/c1-17(2,3)16-18-14(20-22-16)12-9-24(7-8-25-12)10-13-19-21-15(23(13)4)11-5-6-11/h11-12H,5-10H2,1-4H3,(H,18,20,22)/t12-/m0/s1. The molecule has 3 heterocycles. The molecule has 2 fully saturated rings. The highest BCUT2D eigenvalue weighted by Crippen LogP contribution is 2.38. The van der Waals surface area contributed by atoms with Crippen LogP contribution in [-0.2, 0) is 23.7 Å². The van der Waals surface area contributed by atoms with Crippen LogP contribution in [-0.4, -0.2) is 54.5 Å². The van der Waals surface area contributed by atoms with Gasteiger partial charge in [0, 0.05) is 31.5 Å². The monoisotopic (exact) mass is 345 g/mol. The number of nitrogens with zero attached hydrogens (tertiary/aromatic N) is 6. The number of ether oxygens (including phenoxy) is 1. The van der Waals surface area contributed by atoms with E-state index in [9.17, 15) is 0 Å². The van der Waals surface area contributed by atoms with Gasteiger partial charge in [-0.3, -0.25) is 10.00 Å². The normalized spacial score (nSPS) is 22.5. The fourth-order valence-electron chi connectivity index (χ4n) is 3.18. The van der Waals surface area contributed by atoms with E-state index in [-0.39, 0.29) is 11.5 Å². The highest BCUT2D eigenvalue weighted by atomic mass is 16.5. The van der Waals surface area contributed by atoms with Crippen molar-refractivity contribution >= 4 is 0 Å². The van der Waals surface area contributed by atoms with Gasteiger partial charge in [0.2, 0.25) is 0 Å². The Hall–Kier alpha value is -1.80. The number of morpholine rings is 1. The van der Waals surface area contributed by atoms with Crippen molar-refractivity contribution in [2.75, 3.05) is 19.7 Å². The molecule has 1 atom stereocenters. The molecule has 4 rings (SSSR count). The van der Waals surface area contributed by atoms with E-state index in [2.05, 4.69) is 62.7 Å². The van der Waals surface area contributed by atoms with Gasteiger partial charge < -0.3 is 9.30 Å². The van der Waals surface area contributed by atoms with Gasteiger partial charge in [-0.25, -0.2) is 4.98 Å². The van der Waals surface area contributed by atoms with Crippen LogP contribution in [0, 0.1) is 0 Å². The van der Waals surface area contributed by atoms with E-state index in [4.69, 9.17) is 4.74 Å². The third kappa shape index (κ3) is 3.46. The fraction of sp³-hybridized carbons (Fsp3) is 0.765. The molecule has 0 amide bonds. The first-order chi connectivity index (χ1) is 11.9. The number of aromatic nitrogens is 6. The number of hydrogen-bond acceptors (Lipinski definition) is 6. The predicted molar refractivity (Wildman–Crippen MR) is 92.0 cm³/mol. The van der Waals surface area contributed by atoms with Gasteiger partial charge in [-0.15, -0.1) is 10.2 Å². The Morgan fingerprint density at radius 1 is 1.24 bits per heavy atom. The Bertz CT molecular complexity index is 741. The first-order valence-corrected chi connectivity index (χ1v) is 9.06. The molecule has 1 N–H and O–H groups in total. The van der Waals surface area contributed by atoms with Crippen LogP contribution in [0.15, 0.2) is 0 Å². The van der Waals surface area contributed by atoms with Crippen LogP contribution < -0.4 is 0 Å². The Kier molecular flexibility index (Phi) is 4.11. The van der Waals surface area contributed by atoms with Gasteiger partial charge in [-0.05, 0) is 12.8 Å². The maximum absolute atomic E-state index is 5.92. The number of hydrogen-bond donors (Lipinski definition) is 1. The highest BCUT2D eigenvalue weighted by molar-refractivity contribution is 5.08. The van der Waals surface area contributed by atoms with Crippen molar-refractivity contribution in [1.29, 1.82) is 0 Å². The van der Waals surface area contributed by atoms with E-state index < -0.39 is 0 Å². The molecule has 1 saturated heterocycles. The second-order valence-corrected chi connectivity index (χ2v) is 8.20. The summed E-state index contributed by atoms with van der Waals surface area (Å²) in [5, 5.41) is 16.2. The summed E-state index contributed by atoms with van der Waals surface area (Å²) < 4.78 is 8.08. The van der Waals surface area contributed by atoms with Gasteiger partial charge in [0.05, 0.1) is 13.2 Å². The molecule has 2 aromatic heterocycles. The predicted octanol–water partition coefficient (Wildman–Crippen LogP) is 1.68. The Labute approximate surface area is 148 Å². The molecule has 0 spiro atoms. The number of rotatable bonds is 4. The first kappa shape index (κ1) is 16.7. The van der Waals surface area contributed by atoms with Gasteiger partial charge in [0.25, 0.3) is 0 Å². The molecule has 2 aliphatic rings. The largest absolute Gasteiger partial charge is 0.368 e. The minimum Gasteiger partial charge on any atom is -0.368 e. The molecular formula is C17H27N7O. The van der Waals surface area contributed by atoms with E-state index in [0.717, 1.165) is 42.9 Å². The lowest BCUT2D eigenvalue weighted by Gasteiger charge is -2.31. The first-order valence-electron chi connectivity index (χ1n) is 9.06. The van der Waals surface area contributed by atoms with Crippen molar-refractivity contribution < 1.29 is 4.74 Å². The van der Waals surface area contributed by atoms with Crippen LogP contribution >= 0.6 is 0 Å². The van der Waals surface area contributed by atoms with Gasteiger partial charge in [0.15, 0.2) is 11.6 Å². The average molecular weight is 345 g/mol. The van der Waals surface area contributed by atoms with Crippen molar-refractivity contribution in [3.63, 3.8) is 0 Å². The molecule has 0 aromatic carbocycles. The molecule has 8 heteroatoms. The number of aromatic amines is 1. The quantitative estimate of drug-likeness (QED) is 0.907. The molecule has 0 bridgehead atoms. The summed E-state index contributed by atoms with van der Waals surface area (Å²) in [5.41, 5.74) is -0.0685. The third-order valence-electron chi connectivity index (χ3n) is 4.94. The fourth-order valence-corrected chi connectivity index (χ4v) is 3.18. The molecule has 0 unspecified atom stereocenters. The van der Waals surface area contributed by atoms with Crippen molar-refractivity contribution in [1.82, 2.24) is 34.8 Å². The van der Waals surface area contributed by atoms with E-state index in [1.54, 1.807) is 0 Å². The van der Waals surface area contributed by atoms with Crippen molar-refractivity contribution in [2.45, 2.75) is 57.6 Å². The average Bonchev–Trinajstić information content (AvgIpc) is 3.15. The Balaban J connectivity index is 1.43. The zero-order chi connectivity index (χ0) is 17.6. The van der Waals surface area contributed by atoms with Crippen LogP contribution in [0.3, 0.4) is 0 Å². The Morgan fingerprint density at radius 3 is 2.72 bits per heavy atom. The number of H-pyrrole nitrogens is 1. The van der Waals surface area contributed by atoms with Crippen molar-refractivity contribution in [3.05, 3.63) is 23.3 Å². The molecule has 136 valence electrons.